The highest BCUT2D eigenvalue weighted by Gasteiger charge is 2.29. The zero-order chi connectivity index (χ0) is 15.1. The highest BCUT2D eigenvalue weighted by atomic mass is 79.9. The van der Waals surface area contributed by atoms with Crippen LogP contribution in [-0.2, 0) is 5.41 Å². The molecule has 0 N–H and O–H groups in total. The number of hydrogen-bond donors (Lipinski definition) is 0. The van der Waals surface area contributed by atoms with Crippen molar-refractivity contribution >= 4 is 43.6 Å². The van der Waals surface area contributed by atoms with E-state index in [9.17, 15) is 0 Å². The van der Waals surface area contributed by atoms with E-state index in [4.69, 9.17) is 0 Å². The second-order valence-corrected chi connectivity index (χ2v) is 7.62. The van der Waals surface area contributed by atoms with Gasteiger partial charge in [-0.3, -0.25) is 0 Å². The normalized spacial score (nSPS) is 11.6. The van der Waals surface area contributed by atoms with E-state index >= 15 is 0 Å². The molecule has 0 saturated carbocycles. The third kappa shape index (κ3) is 4.61. The molecule has 0 aliphatic carbocycles. The van der Waals surface area contributed by atoms with Gasteiger partial charge in [-0.2, -0.15) is 0 Å². The van der Waals surface area contributed by atoms with E-state index in [0.717, 1.165) is 22.8 Å². The first kappa shape index (κ1) is 17.1. The fraction of sp³-hybridized carbons (Fsp3) is 0.333. The molecule has 2 rings (SSSR count). The zero-order valence-electron chi connectivity index (χ0n) is 12.2. The van der Waals surface area contributed by atoms with Crippen molar-refractivity contribution in [1.82, 2.24) is 0 Å². The van der Waals surface area contributed by atoms with Gasteiger partial charge in [0.05, 0.1) is 0 Å². The molecule has 0 saturated heterocycles. The number of benzene rings is 2. The molecule has 2 aromatic carbocycles. The van der Waals surface area contributed by atoms with Crippen molar-refractivity contribution in [3.63, 3.8) is 0 Å². The van der Waals surface area contributed by atoms with E-state index in [1.807, 2.05) is 11.8 Å². The zero-order valence-corrected chi connectivity index (χ0v) is 16.2. The third-order valence-corrected chi connectivity index (χ3v) is 6.90. The molecule has 112 valence electrons. The first-order valence-corrected chi connectivity index (χ1v) is 10.3. The minimum Gasteiger partial charge on any atom is -0.126 e. The Morgan fingerprint density at radius 1 is 0.952 bits per heavy atom. The lowest BCUT2D eigenvalue weighted by molar-refractivity contribution is 0.538. The maximum absolute atomic E-state index is 3.74. The molecule has 0 heterocycles. The molecule has 0 aliphatic rings. The summed E-state index contributed by atoms with van der Waals surface area (Å²) in [7, 11) is 0. The van der Waals surface area contributed by atoms with Crippen LogP contribution in [0.3, 0.4) is 0 Å². The van der Waals surface area contributed by atoms with Gasteiger partial charge in [-0.15, -0.1) is 11.8 Å². The summed E-state index contributed by atoms with van der Waals surface area (Å²) in [4.78, 5) is 1.35. The van der Waals surface area contributed by atoms with E-state index < -0.39 is 0 Å². The Morgan fingerprint density at radius 3 is 2.29 bits per heavy atom. The lowest BCUT2D eigenvalue weighted by Gasteiger charge is -2.31. The first-order valence-electron chi connectivity index (χ1n) is 7.07. The van der Waals surface area contributed by atoms with Crippen LogP contribution < -0.4 is 0 Å². The molecule has 0 fully saturated rings. The molecule has 0 nitrogen and oxygen atoms in total. The highest BCUT2D eigenvalue weighted by Crippen LogP contribution is 2.35. The first-order chi connectivity index (χ1) is 10.2. The van der Waals surface area contributed by atoms with Crippen LogP contribution in [0.15, 0.2) is 59.5 Å². The Bertz CT molecular complexity index is 550. The van der Waals surface area contributed by atoms with Crippen molar-refractivity contribution in [3.8, 4) is 0 Å². The smallest absolute Gasteiger partial charge is 0.0155 e. The Kier molecular flexibility index (Phi) is 6.84. The lowest BCUT2D eigenvalue weighted by atomic mass is 9.81. The van der Waals surface area contributed by atoms with Crippen LogP contribution in [0.25, 0.3) is 0 Å². The standard InChI is InChI=1S/C18H20Br2S/c1-15-6-5-7-16(12-15)18(13-19,14-20)10-11-21-17-8-3-2-4-9-17/h2-9,12H,10-11,13-14H2,1H3. The van der Waals surface area contributed by atoms with Gasteiger partial charge in [-0.1, -0.05) is 79.9 Å². The largest absolute Gasteiger partial charge is 0.126 e. The molecule has 0 amide bonds. The molecule has 0 unspecified atom stereocenters. The van der Waals surface area contributed by atoms with E-state index in [1.54, 1.807) is 0 Å². The topological polar surface area (TPSA) is 0 Å². The quantitative estimate of drug-likeness (QED) is 0.374. The summed E-state index contributed by atoms with van der Waals surface area (Å²) in [6.07, 6.45) is 1.15. The Hall–Kier alpha value is -0.250. The molecular weight excluding hydrogens is 408 g/mol. The minimum absolute atomic E-state index is 0.161. The van der Waals surface area contributed by atoms with E-state index in [0.29, 0.717) is 0 Å². The molecule has 3 heteroatoms. The predicted molar refractivity (Wildman–Crippen MR) is 102 cm³/mol. The predicted octanol–water partition coefficient (Wildman–Crippen LogP) is 6.21. The van der Waals surface area contributed by atoms with Crippen molar-refractivity contribution in [2.24, 2.45) is 0 Å². The van der Waals surface area contributed by atoms with Gasteiger partial charge < -0.3 is 0 Å². The SMILES string of the molecule is Cc1cccc(C(CBr)(CBr)CCSc2ccccc2)c1. The lowest BCUT2D eigenvalue weighted by Crippen LogP contribution is -2.31. The minimum atomic E-state index is 0.161. The van der Waals surface area contributed by atoms with Crippen LogP contribution in [-0.4, -0.2) is 16.4 Å². The highest BCUT2D eigenvalue weighted by molar-refractivity contribution is 9.09. The maximum Gasteiger partial charge on any atom is 0.0155 e. The number of rotatable bonds is 7. The second kappa shape index (κ2) is 8.40. The molecule has 2 aromatic rings. The number of halogens is 2. The van der Waals surface area contributed by atoms with Crippen LogP contribution in [0, 0.1) is 6.92 Å². The van der Waals surface area contributed by atoms with E-state index in [-0.39, 0.29) is 5.41 Å². The molecule has 21 heavy (non-hydrogen) atoms. The van der Waals surface area contributed by atoms with Crippen LogP contribution in [0.2, 0.25) is 0 Å². The van der Waals surface area contributed by atoms with Crippen LogP contribution in [0.1, 0.15) is 17.5 Å². The number of hydrogen-bond acceptors (Lipinski definition) is 1. The van der Waals surface area contributed by atoms with Gasteiger partial charge in [0, 0.05) is 21.0 Å². The number of alkyl halides is 2. The van der Waals surface area contributed by atoms with Gasteiger partial charge in [0.1, 0.15) is 0 Å². The third-order valence-electron chi connectivity index (χ3n) is 3.73. The average Bonchev–Trinajstić information content (AvgIpc) is 2.53. The van der Waals surface area contributed by atoms with Crippen molar-refractivity contribution in [3.05, 3.63) is 65.7 Å². The molecule has 0 aliphatic heterocycles. The van der Waals surface area contributed by atoms with Gasteiger partial charge in [-0.25, -0.2) is 0 Å². The van der Waals surface area contributed by atoms with E-state index in [1.165, 1.54) is 16.0 Å². The Morgan fingerprint density at radius 2 is 1.67 bits per heavy atom. The van der Waals surface area contributed by atoms with Gasteiger partial charge in [-0.05, 0) is 36.8 Å². The average molecular weight is 428 g/mol. The molecule has 0 aromatic heterocycles. The fourth-order valence-electron chi connectivity index (χ4n) is 2.32. The van der Waals surface area contributed by atoms with Crippen molar-refractivity contribution in [2.45, 2.75) is 23.7 Å². The van der Waals surface area contributed by atoms with Gasteiger partial charge >= 0.3 is 0 Å². The summed E-state index contributed by atoms with van der Waals surface area (Å²) in [5.74, 6) is 1.12. The monoisotopic (exact) mass is 426 g/mol. The molecule has 0 radical (unpaired) electrons. The van der Waals surface area contributed by atoms with Gasteiger partial charge in [0.2, 0.25) is 0 Å². The molecule has 0 bridgehead atoms. The molecular formula is C18H20Br2S. The fourth-order valence-corrected chi connectivity index (χ4v) is 5.54. The number of aryl methyl sites for hydroxylation is 1. The Labute approximate surface area is 149 Å². The maximum atomic E-state index is 3.74. The van der Waals surface area contributed by atoms with Crippen molar-refractivity contribution < 1.29 is 0 Å². The van der Waals surface area contributed by atoms with Gasteiger partial charge in [0.15, 0.2) is 0 Å². The van der Waals surface area contributed by atoms with Crippen molar-refractivity contribution in [2.75, 3.05) is 16.4 Å². The van der Waals surface area contributed by atoms with Crippen LogP contribution >= 0.6 is 43.6 Å². The number of thioether (sulfide) groups is 1. The van der Waals surface area contributed by atoms with E-state index in [2.05, 4.69) is 93.4 Å². The molecule has 0 atom stereocenters. The van der Waals surface area contributed by atoms with Crippen molar-refractivity contribution in [1.29, 1.82) is 0 Å². The van der Waals surface area contributed by atoms with Gasteiger partial charge in [0.25, 0.3) is 0 Å². The molecule has 0 spiro atoms. The summed E-state index contributed by atoms with van der Waals surface area (Å²) in [6, 6.07) is 19.5. The van der Waals surface area contributed by atoms with Crippen LogP contribution in [0.4, 0.5) is 0 Å². The second-order valence-electron chi connectivity index (χ2n) is 5.33. The summed E-state index contributed by atoms with van der Waals surface area (Å²) in [5.41, 5.74) is 2.91. The summed E-state index contributed by atoms with van der Waals surface area (Å²) in [6.45, 7) is 2.16. The summed E-state index contributed by atoms with van der Waals surface area (Å²) >= 11 is 9.42. The Balaban J connectivity index is 2.08. The summed E-state index contributed by atoms with van der Waals surface area (Å²) in [5, 5.41) is 1.95. The summed E-state index contributed by atoms with van der Waals surface area (Å²) < 4.78 is 0. The van der Waals surface area contributed by atoms with Crippen LogP contribution in [0.5, 0.6) is 0 Å².